The van der Waals surface area contributed by atoms with E-state index in [-0.39, 0.29) is 11.0 Å². The number of hydrogen-bond donors (Lipinski definition) is 1. The highest BCUT2D eigenvalue weighted by molar-refractivity contribution is 7.96. The number of allylic oxidation sites excluding steroid dienone is 1. The zero-order chi connectivity index (χ0) is 7.44. The Balaban J connectivity index is 3.99. The molecular weight excluding hydrogens is 132 g/mol. The van der Waals surface area contributed by atoms with Crippen LogP contribution in [0.3, 0.4) is 0 Å². The minimum atomic E-state index is -0.0787. The molecule has 0 aliphatic carbocycles. The number of rotatable bonds is 3. The third-order valence-electron chi connectivity index (χ3n) is 1.30. The van der Waals surface area contributed by atoms with Crippen molar-refractivity contribution in [1.82, 2.24) is 0 Å². The lowest BCUT2D eigenvalue weighted by molar-refractivity contribution is -0.113. The van der Waals surface area contributed by atoms with Crippen molar-refractivity contribution in [3.63, 3.8) is 0 Å². The molecule has 0 rings (SSSR count). The number of carbonyl (C=O) groups excluding carboxylic acids is 1. The average molecular weight is 144 g/mol. The first-order chi connectivity index (χ1) is 4.09. The summed E-state index contributed by atoms with van der Waals surface area (Å²) in [6, 6.07) is 0. The van der Waals surface area contributed by atoms with Crippen molar-refractivity contribution < 1.29 is 4.79 Å². The minimum Gasteiger partial charge on any atom is -0.287 e. The molecule has 2 heteroatoms. The first-order valence-corrected chi connectivity index (χ1v) is 3.42. The normalized spacial score (nSPS) is 12.8. The van der Waals surface area contributed by atoms with Crippen LogP contribution in [0.2, 0.25) is 0 Å². The Labute approximate surface area is 61.6 Å². The number of carbonyl (C=O) groups is 1. The molecule has 9 heavy (non-hydrogen) atoms. The van der Waals surface area contributed by atoms with E-state index in [1.165, 1.54) is 0 Å². The summed E-state index contributed by atoms with van der Waals surface area (Å²) >= 11 is 3.71. The zero-order valence-electron chi connectivity index (χ0n) is 5.85. The second kappa shape index (κ2) is 3.72. The summed E-state index contributed by atoms with van der Waals surface area (Å²) < 4.78 is 0. The van der Waals surface area contributed by atoms with Gasteiger partial charge in [0.15, 0.2) is 5.12 Å². The molecule has 0 saturated carbocycles. The molecule has 1 unspecified atom stereocenters. The van der Waals surface area contributed by atoms with Gasteiger partial charge in [0.05, 0.1) is 0 Å². The lowest BCUT2D eigenvalue weighted by Gasteiger charge is -2.07. The second-order valence-corrected chi connectivity index (χ2v) is 2.59. The molecule has 0 aromatic rings. The van der Waals surface area contributed by atoms with Gasteiger partial charge >= 0.3 is 0 Å². The Morgan fingerprint density at radius 3 is 2.22 bits per heavy atom. The van der Waals surface area contributed by atoms with E-state index < -0.39 is 0 Å². The highest BCUT2D eigenvalue weighted by Gasteiger charge is 2.11. The molecule has 0 aliphatic heterocycles. The molecule has 0 spiro atoms. The highest BCUT2D eigenvalue weighted by Crippen LogP contribution is 2.14. The van der Waals surface area contributed by atoms with Crippen LogP contribution in [-0.2, 0) is 4.79 Å². The van der Waals surface area contributed by atoms with Gasteiger partial charge in [-0.2, -0.15) is 0 Å². The van der Waals surface area contributed by atoms with Crippen LogP contribution in [0.25, 0.3) is 0 Å². The predicted molar refractivity (Wildman–Crippen MR) is 42.6 cm³/mol. The molecular formula is C7H12OS. The molecule has 1 atom stereocenters. The number of thiol groups is 1. The smallest absolute Gasteiger partial charge is 0.192 e. The van der Waals surface area contributed by atoms with Crippen LogP contribution in [0, 0.1) is 5.92 Å². The Hall–Kier alpha value is -0.240. The molecule has 52 valence electrons. The van der Waals surface area contributed by atoms with Crippen LogP contribution in [0.15, 0.2) is 12.2 Å². The van der Waals surface area contributed by atoms with Crippen LogP contribution in [0.4, 0.5) is 0 Å². The lowest BCUT2D eigenvalue weighted by atomic mass is 10.0. The van der Waals surface area contributed by atoms with Crippen molar-refractivity contribution in [1.29, 1.82) is 0 Å². The van der Waals surface area contributed by atoms with Gasteiger partial charge in [-0.15, -0.1) is 12.6 Å². The fourth-order valence-corrected chi connectivity index (χ4v) is 1.14. The van der Waals surface area contributed by atoms with Gasteiger partial charge in [-0.05, 0) is 13.3 Å². The maximum absolute atomic E-state index is 10.6. The summed E-state index contributed by atoms with van der Waals surface area (Å²) in [5, 5.41) is -0.0787. The maximum Gasteiger partial charge on any atom is 0.192 e. The van der Waals surface area contributed by atoms with Crippen molar-refractivity contribution in [2.75, 3.05) is 0 Å². The topological polar surface area (TPSA) is 17.1 Å². The first-order valence-electron chi connectivity index (χ1n) is 2.97. The lowest BCUT2D eigenvalue weighted by Crippen LogP contribution is -2.07. The predicted octanol–water partition coefficient (Wildman–Crippen LogP) is 2.05. The molecule has 1 nitrogen and oxygen atoms in total. The molecule has 0 aromatic carbocycles. The third kappa shape index (κ3) is 2.70. The van der Waals surface area contributed by atoms with Gasteiger partial charge in [0.2, 0.25) is 0 Å². The van der Waals surface area contributed by atoms with Crippen LogP contribution in [0.5, 0.6) is 0 Å². The molecule has 0 aliphatic rings. The van der Waals surface area contributed by atoms with Gasteiger partial charge in [0, 0.05) is 5.92 Å². The van der Waals surface area contributed by atoms with E-state index in [2.05, 4.69) is 19.2 Å². The van der Waals surface area contributed by atoms with Gasteiger partial charge in [-0.1, -0.05) is 19.1 Å². The summed E-state index contributed by atoms with van der Waals surface area (Å²) in [4.78, 5) is 10.6. The molecule has 0 fully saturated rings. The van der Waals surface area contributed by atoms with E-state index in [9.17, 15) is 4.79 Å². The van der Waals surface area contributed by atoms with Crippen molar-refractivity contribution >= 4 is 17.7 Å². The van der Waals surface area contributed by atoms with E-state index >= 15 is 0 Å². The monoisotopic (exact) mass is 144 g/mol. The fourth-order valence-electron chi connectivity index (χ4n) is 0.734. The van der Waals surface area contributed by atoms with E-state index in [1.54, 1.807) is 0 Å². The quantitative estimate of drug-likeness (QED) is 0.474. The van der Waals surface area contributed by atoms with Crippen molar-refractivity contribution in [2.24, 2.45) is 5.92 Å². The van der Waals surface area contributed by atoms with E-state index in [0.717, 1.165) is 12.0 Å². The van der Waals surface area contributed by atoms with Crippen molar-refractivity contribution in [2.45, 2.75) is 20.3 Å². The Kier molecular flexibility index (Phi) is 3.62. The van der Waals surface area contributed by atoms with Gasteiger partial charge in [-0.25, -0.2) is 0 Å². The standard InChI is InChI=1S/C7H12OS/c1-4-6(5(2)3)7(8)9/h6H,2,4H2,1,3H3,(H,8,9). The average Bonchev–Trinajstić information content (AvgIpc) is 1.64. The highest BCUT2D eigenvalue weighted by atomic mass is 32.1. The van der Waals surface area contributed by atoms with Crippen molar-refractivity contribution in [3.8, 4) is 0 Å². The van der Waals surface area contributed by atoms with Crippen LogP contribution in [0.1, 0.15) is 20.3 Å². The molecule has 0 radical (unpaired) electrons. The van der Waals surface area contributed by atoms with Crippen LogP contribution in [-0.4, -0.2) is 5.12 Å². The van der Waals surface area contributed by atoms with Crippen LogP contribution >= 0.6 is 12.6 Å². The fraction of sp³-hybridized carbons (Fsp3) is 0.571. The minimum absolute atomic E-state index is 0.0478. The SMILES string of the molecule is C=C(C)C(CC)C(=O)S. The summed E-state index contributed by atoms with van der Waals surface area (Å²) in [6.45, 7) is 7.48. The Bertz CT molecular complexity index is 115. The zero-order valence-corrected chi connectivity index (χ0v) is 6.74. The van der Waals surface area contributed by atoms with Gasteiger partial charge in [-0.3, -0.25) is 4.79 Å². The molecule has 0 aromatic heterocycles. The molecule has 0 bridgehead atoms. The largest absolute Gasteiger partial charge is 0.287 e. The molecule has 0 amide bonds. The summed E-state index contributed by atoms with van der Waals surface area (Å²) in [5.41, 5.74) is 0.900. The summed E-state index contributed by atoms with van der Waals surface area (Å²) in [6.07, 6.45) is 0.803. The molecule has 0 N–H and O–H groups in total. The van der Waals surface area contributed by atoms with Gasteiger partial charge < -0.3 is 0 Å². The second-order valence-electron chi connectivity index (χ2n) is 2.15. The van der Waals surface area contributed by atoms with Gasteiger partial charge in [0.25, 0.3) is 0 Å². The van der Waals surface area contributed by atoms with E-state index in [1.807, 2.05) is 13.8 Å². The summed E-state index contributed by atoms with van der Waals surface area (Å²) in [7, 11) is 0. The van der Waals surface area contributed by atoms with Gasteiger partial charge in [0.1, 0.15) is 0 Å². The maximum atomic E-state index is 10.6. The third-order valence-corrected chi connectivity index (χ3v) is 1.61. The van der Waals surface area contributed by atoms with Crippen LogP contribution < -0.4 is 0 Å². The molecule has 0 saturated heterocycles. The van der Waals surface area contributed by atoms with E-state index in [0.29, 0.717) is 0 Å². The first kappa shape index (κ1) is 8.76. The molecule has 0 heterocycles. The summed E-state index contributed by atoms with van der Waals surface area (Å²) in [5.74, 6) is -0.0478. The number of hydrogen-bond acceptors (Lipinski definition) is 1. The van der Waals surface area contributed by atoms with E-state index in [4.69, 9.17) is 0 Å². The van der Waals surface area contributed by atoms with Crippen molar-refractivity contribution in [3.05, 3.63) is 12.2 Å². The Morgan fingerprint density at radius 1 is 1.78 bits per heavy atom. The Morgan fingerprint density at radius 2 is 2.22 bits per heavy atom.